The Morgan fingerprint density at radius 1 is 1.00 bits per heavy atom. The molecule has 2 rings (SSSR count). The topological polar surface area (TPSA) is 58.2 Å². The van der Waals surface area contributed by atoms with Crippen LogP contribution in [0.1, 0.15) is 5.56 Å². The van der Waals surface area contributed by atoms with Crippen molar-refractivity contribution in [1.29, 1.82) is 0 Å². The van der Waals surface area contributed by atoms with Gasteiger partial charge < -0.3 is 10.6 Å². The smallest absolute Gasteiger partial charge is 0.244 e. The van der Waals surface area contributed by atoms with Gasteiger partial charge in [-0.05, 0) is 35.9 Å². The van der Waals surface area contributed by atoms with Gasteiger partial charge in [-0.15, -0.1) is 0 Å². The summed E-state index contributed by atoms with van der Waals surface area (Å²) in [6.45, 7) is -0.356. The Morgan fingerprint density at radius 3 is 2.50 bits per heavy atom. The Kier molecular flexibility index (Phi) is 5.73. The Balaban J connectivity index is 1.82. The molecule has 124 valence electrons. The van der Waals surface area contributed by atoms with E-state index in [0.29, 0.717) is 5.56 Å². The van der Waals surface area contributed by atoms with Crippen molar-refractivity contribution >= 4 is 23.6 Å². The van der Waals surface area contributed by atoms with Gasteiger partial charge in [-0.3, -0.25) is 9.59 Å². The van der Waals surface area contributed by atoms with Crippen LogP contribution >= 0.6 is 0 Å². The molecule has 0 aromatic heterocycles. The number of halogens is 3. The molecule has 0 aliphatic rings. The Bertz CT molecular complexity index is 791. The summed E-state index contributed by atoms with van der Waals surface area (Å²) >= 11 is 0. The van der Waals surface area contributed by atoms with Gasteiger partial charge in [0.15, 0.2) is 11.6 Å². The van der Waals surface area contributed by atoms with Crippen LogP contribution in [0.5, 0.6) is 0 Å². The second-order valence-electron chi connectivity index (χ2n) is 4.78. The van der Waals surface area contributed by atoms with Gasteiger partial charge in [0.2, 0.25) is 11.8 Å². The molecule has 2 aromatic rings. The van der Waals surface area contributed by atoms with E-state index in [1.807, 2.05) is 0 Å². The number of nitrogens with one attached hydrogen (secondary N) is 2. The normalized spacial score (nSPS) is 10.6. The highest BCUT2D eigenvalue weighted by Crippen LogP contribution is 2.12. The first-order valence-electron chi connectivity index (χ1n) is 6.90. The third-order valence-electron chi connectivity index (χ3n) is 2.90. The predicted octanol–water partition coefficient (Wildman–Crippen LogP) is 2.87. The number of anilines is 1. The molecule has 2 N–H and O–H groups in total. The molecule has 0 spiro atoms. The lowest BCUT2D eigenvalue weighted by molar-refractivity contribution is -0.121. The van der Waals surface area contributed by atoms with E-state index in [9.17, 15) is 22.8 Å². The largest absolute Gasteiger partial charge is 0.343 e. The molecule has 0 heterocycles. The average molecular weight is 334 g/mol. The van der Waals surface area contributed by atoms with Gasteiger partial charge >= 0.3 is 0 Å². The molecular weight excluding hydrogens is 321 g/mol. The highest BCUT2D eigenvalue weighted by molar-refractivity contribution is 5.97. The lowest BCUT2D eigenvalue weighted by atomic mass is 10.2. The molecule has 0 radical (unpaired) electrons. The predicted molar refractivity (Wildman–Crippen MR) is 83.4 cm³/mol. The maximum absolute atomic E-state index is 13.0. The van der Waals surface area contributed by atoms with Crippen LogP contribution in [-0.2, 0) is 9.59 Å². The summed E-state index contributed by atoms with van der Waals surface area (Å²) in [7, 11) is 0. The molecule has 0 fully saturated rings. The van der Waals surface area contributed by atoms with E-state index in [1.54, 1.807) is 6.07 Å². The Hall–Kier alpha value is -3.09. The zero-order chi connectivity index (χ0) is 17.5. The number of hydrogen-bond donors (Lipinski definition) is 2. The van der Waals surface area contributed by atoms with E-state index >= 15 is 0 Å². The van der Waals surface area contributed by atoms with Crippen molar-refractivity contribution in [2.24, 2.45) is 0 Å². The monoisotopic (exact) mass is 334 g/mol. The molecule has 4 nitrogen and oxygen atoms in total. The fraction of sp³-hybridized carbons (Fsp3) is 0.0588. The lowest BCUT2D eigenvalue weighted by Crippen LogP contribution is -2.31. The summed E-state index contributed by atoms with van der Waals surface area (Å²) in [5.41, 5.74) is 0.569. The maximum Gasteiger partial charge on any atom is 0.244 e. The van der Waals surface area contributed by atoms with E-state index in [2.05, 4.69) is 10.6 Å². The summed E-state index contributed by atoms with van der Waals surface area (Å²) in [5.74, 6) is -3.70. The fourth-order valence-electron chi connectivity index (χ4n) is 1.79. The fourth-order valence-corrected chi connectivity index (χ4v) is 1.79. The van der Waals surface area contributed by atoms with Gasteiger partial charge in [-0.1, -0.05) is 12.1 Å². The van der Waals surface area contributed by atoms with Crippen molar-refractivity contribution < 1.29 is 22.8 Å². The summed E-state index contributed by atoms with van der Waals surface area (Å²) in [5, 5.41) is 4.63. The molecule has 0 saturated heterocycles. The Labute approximate surface area is 136 Å². The third-order valence-corrected chi connectivity index (χ3v) is 2.90. The number of benzene rings is 2. The van der Waals surface area contributed by atoms with Crippen molar-refractivity contribution in [3.8, 4) is 0 Å². The van der Waals surface area contributed by atoms with Gasteiger partial charge in [0.05, 0.1) is 6.54 Å². The van der Waals surface area contributed by atoms with Crippen molar-refractivity contribution in [2.45, 2.75) is 0 Å². The van der Waals surface area contributed by atoms with E-state index in [-0.39, 0.29) is 12.2 Å². The number of carbonyl (C=O) groups is 2. The van der Waals surface area contributed by atoms with Crippen LogP contribution < -0.4 is 10.6 Å². The molecule has 0 aliphatic heterocycles. The van der Waals surface area contributed by atoms with Crippen LogP contribution in [0.3, 0.4) is 0 Å². The van der Waals surface area contributed by atoms with Crippen molar-refractivity contribution in [1.82, 2.24) is 5.32 Å². The van der Waals surface area contributed by atoms with E-state index in [1.165, 1.54) is 30.3 Å². The van der Waals surface area contributed by atoms with Crippen LogP contribution in [0, 0.1) is 17.5 Å². The highest BCUT2D eigenvalue weighted by atomic mass is 19.2. The number of amides is 2. The molecular formula is C17H13F3N2O2. The summed E-state index contributed by atoms with van der Waals surface area (Å²) in [6, 6.07) is 8.55. The maximum atomic E-state index is 13.0. The molecule has 24 heavy (non-hydrogen) atoms. The average Bonchev–Trinajstić information content (AvgIpc) is 2.54. The zero-order valence-corrected chi connectivity index (χ0v) is 12.4. The summed E-state index contributed by atoms with van der Waals surface area (Å²) < 4.78 is 38.7. The molecule has 0 atom stereocenters. The van der Waals surface area contributed by atoms with Crippen LogP contribution in [-0.4, -0.2) is 18.4 Å². The van der Waals surface area contributed by atoms with Crippen molar-refractivity contribution in [3.05, 3.63) is 71.6 Å². The Morgan fingerprint density at radius 2 is 1.79 bits per heavy atom. The lowest BCUT2D eigenvalue weighted by Gasteiger charge is -2.06. The molecule has 2 amide bonds. The molecule has 0 aliphatic carbocycles. The minimum Gasteiger partial charge on any atom is -0.343 e. The second-order valence-corrected chi connectivity index (χ2v) is 4.78. The van der Waals surface area contributed by atoms with Gasteiger partial charge in [-0.2, -0.15) is 0 Å². The standard InChI is InChI=1S/C17H13F3N2O2/c18-12-3-1-2-11(8-12)4-7-16(23)21-10-17(24)22-13-5-6-14(19)15(20)9-13/h1-9H,10H2,(H,21,23)(H,22,24)/b7-4+. The van der Waals surface area contributed by atoms with Crippen LogP contribution in [0.25, 0.3) is 6.08 Å². The van der Waals surface area contributed by atoms with E-state index in [0.717, 1.165) is 18.2 Å². The minimum absolute atomic E-state index is 0.0726. The van der Waals surface area contributed by atoms with Crippen LogP contribution in [0.2, 0.25) is 0 Å². The van der Waals surface area contributed by atoms with Gasteiger partial charge in [0.25, 0.3) is 0 Å². The number of carbonyl (C=O) groups excluding carboxylic acids is 2. The zero-order valence-electron chi connectivity index (χ0n) is 12.4. The minimum atomic E-state index is -1.09. The van der Waals surface area contributed by atoms with Crippen LogP contribution in [0.4, 0.5) is 18.9 Å². The molecule has 2 aromatic carbocycles. The van der Waals surface area contributed by atoms with Crippen LogP contribution in [0.15, 0.2) is 48.5 Å². The summed E-state index contributed by atoms with van der Waals surface area (Å²) in [6.07, 6.45) is 2.55. The van der Waals surface area contributed by atoms with E-state index < -0.39 is 29.3 Å². The molecule has 7 heteroatoms. The van der Waals surface area contributed by atoms with Gasteiger partial charge in [0.1, 0.15) is 5.82 Å². The number of rotatable bonds is 5. The first kappa shape index (κ1) is 17.3. The number of hydrogen-bond acceptors (Lipinski definition) is 2. The highest BCUT2D eigenvalue weighted by Gasteiger charge is 2.07. The summed E-state index contributed by atoms with van der Waals surface area (Å²) in [4.78, 5) is 23.2. The SMILES string of the molecule is O=C(/C=C/c1cccc(F)c1)NCC(=O)Nc1ccc(F)c(F)c1. The molecule has 0 unspecified atom stereocenters. The van der Waals surface area contributed by atoms with Gasteiger partial charge in [-0.25, -0.2) is 13.2 Å². The van der Waals surface area contributed by atoms with Gasteiger partial charge in [0, 0.05) is 17.8 Å². The van der Waals surface area contributed by atoms with E-state index in [4.69, 9.17) is 0 Å². The second kappa shape index (κ2) is 7.96. The first-order valence-corrected chi connectivity index (χ1v) is 6.90. The van der Waals surface area contributed by atoms with Crippen molar-refractivity contribution in [2.75, 3.05) is 11.9 Å². The van der Waals surface area contributed by atoms with Crippen molar-refractivity contribution in [3.63, 3.8) is 0 Å². The molecule has 0 saturated carbocycles. The first-order chi connectivity index (χ1) is 11.4. The molecule has 0 bridgehead atoms. The third kappa shape index (κ3) is 5.28. The quantitative estimate of drug-likeness (QED) is 0.826.